The average Bonchev–Trinajstić information content (AvgIpc) is 3.32. The summed E-state index contributed by atoms with van der Waals surface area (Å²) in [6.45, 7) is 4.33. The molecule has 0 aromatic heterocycles. The van der Waals surface area contributed by atoms with Crippen molar-refractivity contribution in [2.45, 2.75) is 226 Å². The number of phosphoric ester groups is 1. The predicted molar refractivity (Wildman–Crippen MR) is 279 cm³/mol. The molecule has 0 heterocycles. The fraction of sp³-hybridized carbons (Fsp3) is 0.696. The minimum Gasteiger partial charge on any atom is -0.462 e. The Morgan fingerprint density at radius 1 is 0.426 bits per heavy atom. The van der Waals surface area contributed by atoms with Gasteiger partial charge >= 0.3 is 25.7 Å². The number of esters is 3. The van der Waals surface area contributed by atoms with E-state index in [0.29, 0.717) is 19.3 Å². The largest absolute Gasteiger partial charge is 0.472 e. The normalized spacial score (nSPS) is 14.1. The summed E-state index contributed by atoms with van der Waals surface area (Å²) in [5, 5.41) is 9.77. The van der Waals surface area contributed by atoms with Crippen LogP contribution in [-0.4, -0.2) is 66.5 Å². The standard InChI is InChI=1S/C56H95O11P/c1-4-7-10-13-16-19-22-24-25-26-27-29-32-35-38-41-44-47-56(60)67-53(49-63-54(58)45-42-39-36-33-31-28-23-20-17-14-11-8-5-2)51-65-68(61,62)64-50-52(48-57)66-55(59)46-43-40-37-34-30-21-18-15-12-9-6-3/h7-8,10-11,16-17,19-20,24-25,27-29,31,52-53,57H,4-6,9,12-15,18,21-23,26,30,32-51H2,1-3H3,(H,61,62)/b10-7-,11-8-,19-16-,20-17-,25-24-,29-27-,31-28-. The van der Waals surface area contributed by atoms with Crippen LogP contribution in [-0.2, 0) is 42.2 Å². The van der Waals surface area contributed by atoms with Gasteiger partial charge in [-0.25, -0.2) is 4.57 Å². The van der Waals surface area contributed by atoms with Crippen LogP contribution in [0.3, 0.4) is 0 Å². The van der Waals surface area contributed by atoms with Crippen LogP contribution < -0.4 is 0 Å². The van der Waals surface area contributed by atoms with Crippen molar-refractivity contribution in [1.82, 2.24) is 0 Å². The third kappa shape index (κ3) is 47.7. The van der Waals surface area contributed by atoms with E-state index in [1.165, 1.54) is 44.9 Å². The molecule has 3 atom stereocenters. The first-order valence-electron chi connectivity index (χ1n) is 26.5. The highest BCUT2D eigenvalue weighted by atomic mass is 31.2. The number of aliphatic hydroxyl groups is 1. The minimum atomic E-state index is -4.76. The van der Waals surface area contributed by atoms with Gasteiger partial charge in [0.15, 0.2) is 6.10 Å². The van der Waals surface area contributed by atoms with E-state index >= 15 is 0 Å². The van der Waals surface area contributed by atoms with Gasteiger partial charge in [-0.1, -0.05) is 189 Å². The molecule has 0 aromatic carbocycles. The molecule has 0 fully saturated rings. The van der Waals surface area contributed by atoms with Gasteiger partial charge in [-0.05, 0) is 89.9 Å². The molecule has 0 rings (SSSR count). The van der Waals surface area contributed by atoms with E-state index in [4.69, 9.17) is 23.3 Å². The van der Waals surface area contributed by atoms with E-state index in [1.54, 1.807) is 0 Å². The Labute approximate surface area is 413 Å². The van der Waals surface area contributed by atoms with E-state index in [-0.39, 0.29) is 25.9 Å². The fourth-order valence-corrected chi connectivity index (χ4v) is 7.61. The third-order valence-corrected chi connectivity index (χ3v) is 11.8. The molecule has 2 N–H and O–H groups in total. The Kier molecular flexibility index (Phi) is 47.6. The Morgan fingerprint density at radius 3 is 1.19 bits per heavy atom. The summed E-state index contributed by atoms with van der Waals surface area (Å²) in [7, 11) is -4.76. The van der Waals surface area contributed by atoms with Gasteiger partial charge in [-0.2, -0.15) is 0 Å². The zero-order valence-electron chi connectivity index (χ0n) is 42.8. The van der Waals surface area contributed by atoms with Gasteiger partial charge in [0, 0.05) is 19.3 Å². The molecular formula is C56H95O11P. The van der Waals surface area contributed by atoms with Crippen molar-refractivity contribution in [3.05, 3.63) is 85.1 Å². The zero-order chi connectivity index (χ0) is 49.9. The first-order valence-corrected chi connectivity index (χ1v) is 28.0. The van der Waals surface area contributed by atoms with Crippen LogP contribution in [0.25, 0.3) is 0 Å². The predicted octanol–water partition coefficient (Wildman–Crippen LogP) is 15.1. The number of hydrogen-bond donors (Lipinski definition) is 2. The highest BCUT2D eigenvalue weighted by Gasteiger charge is 2.28. The van der Waals surface area contributed by atoms with Crippen molar-refractivity contribution >= 4 is 25.7 Å². The summed E-state index contributed by atoms with van der Waals surface area (Å²) in [5.74, 6) is -1.53. The zero-order valence-corrected chi connectivity index (χ0v) is 43.7. The van der Waals surface area contributed by atoms with Gasteiger partial charge in [-0.15, -0.1) is 0 Å². The van der Waals surface area contributed by atoms with Gasteiger partial charge < -0.3 is 24.2 Å². The summed E-state index contributed by atoms with van der Waals surface area (Å²) in [6, 6.07) is 0. The van der Waals surface area contributed by atoms with Crippen LogP contribution in [0.4, 0.5) is 0 Å². The molecule has 68 heavy (non-hydrogen) atoms. The maximum Gasteiger partial charge on any atom is 0.472 e. The fourth-order valence-electron chi connectivity index (χ4n) is 6.83. The highest BCUT2D eigenvalue weighted by molar-refractivity contribution is 7.47. The lowest BCUT2D eigenvalue weighted by Crippen LogP contribution is -2.30. The van der Waals surface area contributed by atoms with Crippen molar-refractivity contribution in [3.8, 4) is 0 Å². The van der Waals surface area contributed by atoms with Crippen molar-refractivity contribution in [2.24, 2.45) is 0 Å². The lowest BCUT2D eigenvalue weighted by atomic mass is 10.1. The number of phosphoric acid groups is 1. The van der Waals surface area contributed by atoms with E-state index in [1.807, 2.05) is 0 Å². The third-order valence-electron chi connectivity index (χ3n) is 10.8. The number of allylic oxidation sites excluding steroid dienone is 14. The number of aliphatic hydroxyl groups excluding tert-OH is 1. The maximum absolute atomic E-state index is 12.8. The molecule has 0 saturated heterocycles. The summed E-state index contributed by atoms with van der Waals surface area (Å²) in [6.07, 6.45) is 55.5. The molecule has 0 aliphatic carbocycles. The molecule has 0 aliphatic heterocycles. The number of rotatable bonds is 48. The number of ether oxygens (including phenoxy) is 3. The SMILES string of the molecule is CC/C=C\C/C=C\C/C=C\C/C=C\CCCCCCC(=O)OC(COC(=O)CCCCC/C=C\C/C=C\C/C=C\CC)COP(=O)(O)OCC(CO)OC(=O)CCCCCCCCCCCCC. The van der Waals surface area contributed by atoms with Crippen LogP contribution in [0.2, 0.25) is 0 Å². The van der Waals surface area contributed by atoms with Crippen LogP contribution in [0.5, 0.6) is 0 Å². The maximum atomic E-state index is 12.8. The second-order valence-corrected chi connectivity index (χ2v) is 18.7. The van der Waals surface area contributed by atoms with Gasteiger partial charge in [-0.3, -0.25) is 23.4 Å². The molecule has 0 radical (unpaired) electrons. The molecule has 3 unspecified atom stereocenters. The Hall–Kier alpha value is -3.34. The molecule has 0 aliphatic rings. The van der Waals surface area contributed by atoms with Crippen molar-refractivity contribution in [2.75, 3.05) is 26.4 Å². The monoisotopic (exact) mass is 975 g/mol. The topological polar surface area (TPSA) is 155 Å². The van der Waals surface area contributed by atoms with E-state index in [0.717, 1.165) is 109 Å². The average molecular weight is 975 g/mol. The van der Waals surface area contributed by atoms with Gasteiger partial charge in [0.25, 0.3) is 0 Å². The summed E-state index contributed by atoms with van der Waals surface area (Å²) in [5.41, 5.74) is 0. The molecule has 390 valence electrons. The van der Waals surface area contributed by atoms with Gasteiger partial charge in [0.1, 0.15) is 12.7 Å². The first-order chi connectivity index (χ1) is 33.2. The molecular weight excluding hydrogens is 880 g/mol. The molecule has 0 spiro atoms. The molecule has 0 amide bonds. The minimum absolute atomic E-state index is 0.130. The van der Waals surface area contributed by atoms with Crippen LogP contribution in [0.15, 0.2) is 85.1 Å². The van der Waals surface area contributed by atoms with Crippen molar-refractivity contribution < 1.29 is 52.2 Å². The molecule has 0 bridgehead atoms. The van der Waals surface area contributed by atoms with Crippen LogP contribution in [0, 0.1) is 0 Å². The number of unbranched alkanes of at least 4 members (excludes halogenated alkanes) is 17. The Morgan fingerprint density at radius 2 is 0.765 bits per heavy atom. The molecule has 0 aromatic rings. The smallest absolute Gasteiger partial charge is 0.462 e. The summed E-state index contributed by atoms with van der Waals surface area (Å²) >= 11 is 0. The van der Waals surface area contributed by atoms with Gasteiger partial charge in [0.2, 0.25) is 0 Å². The van der Waals surface area contributed by atoms with E-state index in [2.05, 4.69) is 106 Å². The van der Waals surface area contributed by atoms with Crippen molar-refractivity contribution in [3.63, 3.8) is 0 Å². The van der Waals surface area contributed by atoms with Gasteiger partial charge in [0.05, 0.1) is 19.8 Å². The van der Waals surface area contributed by atoms with Crippen LogP contribution in [0.1, 0.15) is 213 Å². The second kappa shape index (κ2) is 50.1. The number of carbonyl (C=O) groups excluding carboxylic acids is 3. The lowest BCUT2D eigenvalue weighted by Gasteiger charge is -2.21. The highest BCUT2D eigenvalue weighted by Crippen LogP contribution is 2.43. The quantitative estimate of drug-likeness (QED) is 0.0197. The Balaban J connectivity index is 4.83. The Bertz CT molecular complexity index is 1460. The summed E-state index contributed by atoms with van der Waals surface area (Å²) < 4.78 is 39.3. The molecule has 12 heteroatoms. The molecule has 0 saturated carbocycles. The van der Waals surface area contributed by atoms with Crippen molar-refractivity contribution in [1.29, 1.82) is 0 Å². The summed E-state index contributed by atoms with van der Waals surface area (Å²) in [4.78, 5) is 48.3. The second-order valence-electron chi connectivity index (χ2n) is 17.3. The number of carbonyl (C=O) groups is 3. The number of hydrogen-bond acceptors (Lipinski definition) is 10. The molecule has 11 nitrogen and oxygen atoms in total. The van der Waals surface area contributed by atoms with Crippen LogP contribution >= 0.6 is 7.82 Å². The first kappa shape index (κ1) is 64.7. The van der Waals surface area contributed by atoms with E-state index in [9.17, 15) is 28.9 Å². The lowest BCUT2D eigenvalue weighted by molar-refractivity contribution is -0.161. The van der Waals surface area contributed by atoms with E-state index < -0.39 is 57.8 Å².